The number of nitrogens with one attached hydrogen (secondary N) is 6. The Morgan fingerprint density at radius 3 is 1.38 bits per heavy atom. The maximum Gasteiger partial charge on any atom is 0.330 e. The van der Waals surface area contributed by atoms with E-state index in [2.05, 4.69) is 51.8 Å². The highest BCUT2D eigenvalue weighted by atomic mass is 32.1. The number of aromatic nitrogens is 4. The number of amides is 4. The lowest BCUT2D eigenvalue weighted by atomic mass is 10.1. The van der Waals surface area contributed by atoms with E-state index in [-0.39, 0.29) is 54.1 Å². The van der Waals surface area contributed by atoms with Gasteiger partial charge in [-0.1, -0.05) is 50.2 Å². The summed E-state index contributed by atoms with van der Waals surface area (Å²) in [7, 11) is 0. The molecule has 0 aliphatic rings. The van der Waals surface area contributed by atoms with Crippen LogP contribution in [-0.2, 0) is 27.2 Å². The summed E-state index contributed by atoms with van der Waals surface area (Å²) in [5.74, 6) is -2.46. The summed E-state index contributed by atoms with van der Waals surface area (Å²) in [4.78, 5) is 93.4. The van der Waals surface area contributed by atoms with Gasteiger partial charge in [-0.05, 0) is 118 Å². The Bertz CT molecular complexity index is 2820. The van der Waals surface area contributed by atoms with Gasteiger partial charge in [0.15, 0.2) is 0 Å². The highest BCUT2D eigenvalue weighted by Crippen LogP contribution is 2.18. The zero-order chi connectivity index (χ0) is 53.7. The van der Waals surface area contributed by atoms with E-state index in [1.165, 1.54) is 22.7 Å². The average Bonchev–Trinajstić information content (AvgIpc) is 4.10. The van der Waals surface area contributed by atoms with Gasteiger partial charge in [0.25, 0.3) is 23.6 Å². The molecular weight excluding hydrogens is 989 g/mol. The quantitative estimate of drug-likeness (QED) is 0.0243. The number of thiophene rings is 2. The minimum absolute atomic E-state index is 0.115. The Morgan fingerprint density at radius 1 is 0.581 bits per heavy atom. The number of carbonyl (C=O) groups excluding carboxylic acids is 5. The minimum atomic E-state index is -1.32. The molecule has 0 radical (unpaired) electrons. The van der Waals surface area contributed by atoms with Gasteiger partial charge in [0.1, 0.15) is 23.6 Å². The Kier molecular flexibility index (Phi) is 21.8. The van der Waals surface area contributed by atoms with Crippen LogP contribution in [0.4, 0.5) is 11.9 Å². The van der Waals surface area contributed by atoms with Gasteiger partial charge < -0.3 is 52.0 Å². The lowest BCUT2D eigenvalue weighted by molar-refractivity contribution is -0.146. The van der Waals surface area contributed by atoms with Crippen LogP contribution in [0.15, 0.2) is 83.6 Å². The van der Waals surface area contributed by atoms with E-state index in [0.717, 1.165) is 36.8 Å². The Balaban J connectivity index is 0.000000276. The fourth-order valence-corrected chi connectivity index (χ4v) is 8.52. The Labute approximate surface area is 436 Å². The third-order valence-corrected chi connectivity index (χ3v) is 12.6. The number of carboxylic acid groups (broad SMARTS) is 1. The van der Waals surface area contributed by atoms with Crippen molar-refractivity contribution >= 4 is 70.1 Å². The standard InChI is InChI=1S/C28H35N5O5S.C24H27N5O5S/c1-17(2)16-38-27(37)22(15-30-25(35)23-11-7-13-39-23)33-26(36)24-18(3)31-28(32-19(24)4)29-12-6-9-20-8-5-10-21(34)14-20;1-14-20(22(32)29-18(23(33)34)13-26-21(31)19-9-5-11-35-19)15(2)28-24(27-14)25-10-4-7-16-6-3-8-17(30)12-16/h5,7-8,10-11,13-14,17,22,34H,6,9,12,15-16H2,1-4H3,(H,30,35)(H,33,36)(H,29,31,32);3,5-6,8-9,11-12,18,30H,4,7,10,13H2,1-2H3,(H,26,31)(H,29,32)(H,33,34)(H,25,27,28)/t22-;18-/m00/s1. The topological polar surface area (TPSA) is 296 Å². The molecule has 0 bridgehead atoms. The molecule has 0 aliphatic heterocycles. The van der Waals surface area contributed by atoms with Crippen LogP contribution in [0.25, 0.3) is 0 Å². The molecule has 4 amide bonds. The number of carbonyl (C=O) groups is 6. The predicted octanol–water partition coefficient (Wildman–Crippen LogP) is 6.15. The summed E-state index contributed by atoms with van der Waals surface area (Å²) in [6, 6.07) is 18.6. The third kappa shape index (κ3) is 17.9. The number of benzene rings is 2. The Hall–Kier alpha value is -7.98. The molecule has 0 fully saturated rings. The molecule has 0 unspecified atom stereocenters. The van der Waals surface area contributed by atoms with Gasteiger partial charge in [0, 0.05) is 26.2 Å². The molecule has 2 atom stereocenters. The smallest absolute Gasteiger partial charge is 0.330 e. The van der Waals surface area contributed by atoms with E-state index in [0.29, 0.717) is 57.5 Å². The van der Waals surface area contributed by atoms with Gasteiger partial charge in [-0.15, -0.1) is 22.7 Å². The van der Waals surface area contributed by atoms with Crippen LogP contribution in [0, 0.1) is 33.6 Å². The molecule has 6 aromatic rings. The first kappa shape index (κ1) is 56.9. The number of carboxylic acids is 1. The van der Waals surface area contributed by atoms with Crippen LogP contribution in [0.3, 0.4) is 0 Å². The summed E-state index contributed by atoms with van der Waals surface area (Å²) in [6.07, 6.45) is 3.12. The number of ether oxygens (including phenoxy) is 1. The van der Waals surface area contributed by atoms with E-state index < -0.39 is 41.7 Å². The summed E-state index contributed by atoms with van der Waals surface area (Å²) >= 11 is 2.51. The van der Waals surface area contributed by atoms with Crippen molar-refractivity contribution in [3.05, 3.63) is 138 Å². The summed E-state index contributed by atoms with van der Waals surface area (Å²) in [5.41, 5.74) is 4.20. The number of aryl methyl sites for hydroxylation is 6. The number of hydrogen-bond acceptors (Lipinski definition) is 17. The van der Waals surface area contributed by atoms with Crippen molar-refractivity contribution in [3.63, 3.8) is 0 Å². The van der Waals surface area contributed by atoms with Crippen molar-refractivity contribution in [1.29, 1.82) is 0 Å². The predicted molar refractivity (Wildman–Crippen MR) is 282 cm³/mol. The van der Waals surface area contributed by atoms with Crippen molar-refractivity contribution in [1.82, 2.24) is 41.2 Å². The number of phenolic OH excluding ortho intramolecular Hbond substituents is 2. The molecule has 0 spiro atoms. The van der Waals surface area contributed by atoms with Crippen LogP contribution < -0.4 is 31.9 Å². The number of hydrogen-bond donors (Lipinski definition) is 9. The van der Waals surface area contributed by atoms with Gasteiger partial charge in [0.05, 0.1) is 50.3 Å². The van der Waals surface area contributed by atoms with Gasteiger partial charge in [0.2, 0.25) is 11.9 Å². The second kappa shape index (κ2) is 28.3. The van der Waals surface area contributed by atoms with Crippen LogP contribution in [0.1, 0.15) is 101 Å². The van der Waals surface area contributed by atoms with Crippen LogP contribution in [0.5, 0.6) is 11.5 Å². The molecular formula is C52H62N10O10S2. The van der Waals surface area contributed by atoms with Gasteiger partial charge in [-0.2, -0.15) is 0 Å². The molecule has 4 aromatic heterocycles. The number of aromatic hydroxyl groups is 2. The van der Waals surface area contributed by atoms with E-state index in [1.807, 2.05) is 32.0 Å². The molecule has 2 aromatic carbocycles. The molecule has 0 saturated heterocycles. The van der Waals surface area contributed by atoms with E-state index in [4.69, 9.17) is 4.74 Å². The van der Waals surface area contributed by atoms with Crippen molar-refractivity contribution in [3.8, 4) is 11.5 Å². The number of rotatable bonds is 24. The number of phenols is 2. The molecule has 0 saturated carbocycles. The number of anilines is 2. The number of nitrogens with zero attached hydrogens (tertiary/aromatic N) is 4. The first-order chi connectivity index (χ1) is 35.4. The maximum absolute atomic E-state index is 13.2. The minimum Gasteiger partial charge on any atom is -0.508 e. The van der Waals surface area contributed by atoms with Crippen molar-refractivity contribution < 1.29 is 48.8 Å². The molecule has 74 heavy (non-hydrogen) atoms. The summed E-state index contributed by atoms with van der Waals surface area (Å²) < 4.78 is 5.34. The average molecular weight is 1050 g/mol. The second-order valence-corrected chi connectivity index (χ2v) is 19.3. The van der Waals surface area contributed by atoms with Crippen LogP contribution in [0.2, 0.25) is 0 Å². The molecule has 20 nitrogen and oxygen atoms in total. The summed E-state index contributed by atoms with van der Waals surface area (Å²) in [6.45, 7) is 11.5. The second-order valence-electron chi connectivity index (χ2n) is 17.4. The Morgan fingerprint density at radius 2 is 1.00 bits per heavy atom. The molecule has 22 heteroatoms. The lowest BCUT2D eigenvalue weighted by Gasteiger charge is -2.20. The van der Waals surface area contributed by atoms with E-state index >= 15 is 0 Å². The fourth-order valence-electron chi connectivity index (χ4n) is 7.24. The monoisotopic (exact) mass is 1050 g/mol. The third-order valence-electron chi connectivity index (χ3n) is 10.8. The maximum atomic E-state index is 13.2. The normalized spacial score (nSPS) is 11.6. The highest BCUT2D eigenvalue weighted by molar-refractivity contribution is 7.12. The number of esters is 1. The first-order valence-corrected chi connectivity index (χ1v) is 25.5. The van der Waals surface area contributed by atoms with Crippen molar-refractivity contribution in [2.75, 3.05) is 43.4 Å². The first-order valence-electron chi connectivity index (χ1n) is 23.8. The molecule has 0 aliphatic carbocycles. The van der Waals surface area contributed by atoms with Crippen molar-refractivity contribution in [2.24, 2.45) is 5.92 Å². The van der Waals surface area contributed by atoms with Crippen LogP contribution in [-0.4, -0.2) is 116 Å². The molecule has 6 rings (SSSR count). The van der Waals surface area contributed by atoms with E-state index in [9.17, 15) is 44.1 Å². The molecule has 9 N–H and O–H groups in total. The van der Waals surface area contributed by atoms with Gasteiger partial charge in [-0.25, -0.2) is 29.5 Å². The SMILES string of the molecule is Cc1nc(NCCCc2cccc(O)c2)nc(C)c1C(=O)N[C@@H](CNC(=O)c1cccs1)C(=O)O.Cc1nc(NCCCc2cccc(O)c2)nc(C)c1C(=O)N[C@@H](CNC(=O)c1cccs1)C(=O)OCC(C)C. The number of aliphatic carboxylic acids is 1. The zero-order valence-corrected chi connectivity index (χ0v) is 43.6. The molecule has 392 valence electrons. The summed E-state index contributed by atoms with van der Waals surface area (Å²) in [5, 5.41) is 48.8. The van der Waals surface area contributed by atoms with Crippen molar-refractivity contribution in [2.45, 2.75) is 79.3 Å². The largest absolute Gasteiger partial charge is 0.508 e. The van der Waals surface area contributed by atoms with E-state index in [1.54, 1.807) is 93.1 Å². The van der Waals surface area contributed by atoms with Gasteiger partial charge in [-0.3, -0.25) is 19.2 Å². The zero-order valence-electron chi connectivity index (χ0n) is 42.0. The molecule has 4 heterocycles. The fraction of sp³-hybridized carbons (Fsp3) is 0.346. The highest BCUT2D eigenvalue weighted by Gasteiger charge is 2.28. The lowest BCUT2D eigenvalue weighted by Crippen LogP contribution is -2.49. The van der Waals surface area contributed by atoms with Gasteiger partial charge >= 0.3 is 11.9 Å². The van der Waals surface area contributed by atoms with Crippen LogP contribution >= 0.6 is 22.7 Å².